The minimum atomic E-state index is -3.81. The van der Waals surface area contributed by atoms with Gasteiger partial charge in [0.05, 0.1) is 17.6 Å². The van der Waals surface area contributed by atoms with Gasteiger partial charge in [-0.05, 0) is 31.0 Å². The molecule has 0 aliphatic rings. The summed E-state index contributed by atoms with van der Waals surface area (Å²) in [5.41, 5.74) is 5.88. The highest BCUT2D eigenvalue weighted by atomic mass is 32.2. The first-order valence-corrected chi connectivity index (χ1v) is 8.02. The molecule has 7 heteroatoms. The van der Waals surface area contributed by atoms with Crippen LogP contribution < -0.4 is 5.73 Å². The van der Waals surface area contributed by atoms with Gasteiger partial charge in [-0.3, -0.25) is 0 Å². The Balaban J connectivity index is 3.41. The first-order valence-electron chi connectivity index (χ1n) is 6.58. The lowest BCUT2D eigenvalue weighted by Gasteiger charge is -2.27. The molecule has 1 aromatic carbocycles. The van der Waals surface area contributed by atoms with E-state index in [-0.39, 0.29) is 22.4 Å². The number of rotatable bonds is 5. The second-order valence-electron chi connectivity index (χ2n) is 5.25. The summed E-state index contributed by atoms with van der Waals surface area (Å²) in [6.45, 7) is 5.68. The molecule has 1 atom stereocenters. The van der Waals surface area contributed by atoms with Crippen molar-refractivity contribution < 1.29 is 17.9 Å². The van der Waals surface area contributed by atoms with Crippen molar-refractivity contribution in [2.24, 2.45) is 5.92 Å². The number of nitrogens with two attached hydrogens (primary N) is 1. The van der Waals surface area contributed by atoms with Gasteiger partial charge in [-0.2, -0.15) is 4.31 Å². The van der Waals surface area contributed by atoms with Gasteiger partial charge in [-0.1, -0.05) is 13.8 Å². The molecule has 0 saturated heterocycles. The number of nitrogen functional groups attached to an aromatic ring is 1. The molecule has 0 aliphatic carbocycles. The largest absolute Gasteiger partial charge is 0.465 e. The van der Waals surface area contributed by atoms with Crippen molar-refractivity contribution in [1.29, 1.82) is 0 Å². The average Bonchev–Trinajstić information content (AvgIpc) is 2.44. The van der Waals surface area contributed by atoms with E-state index in [0.29, 0.717) is 5.69 Å². The van der Waals surface area contributed by atoms with E-state index in [1.54, 1.807) is 0 Å². The highest BCUT2D eigenvalue weighted by molar-refractivity contribution is 7.89. The third-order valence-corrected chi connectivity index (χ3v) is 5.61. The number of hydrogen-bond donors (Lipinski definition) is 1. The predicted octanol–water partition coefficient (Wildman–Crippen LogP) is 1.72. The van der Waals surface area contributed by atoms with Crippen molar-refractivity contribution in [1.82, 2.24) is 4.31 Å². The highest BCUT2D eigenvalue weighted by Crippen LogP contribution is 2.25. The van der Waals surface area contributed by atoms with Gasteiger partial charge in [0.1, 0.15) is 0 Å². The third-order valence-electron chi connectivity index (χ3n) is 3.60. The number of anilines is 1. The topological polar surface area (TPSA) is 89.7 Å². The van der Waals surface area contributed by atoms with Gasteiger partial charge in [0.15, 0.2) is 0 Å². The monoisotopic (exact) mass is 314 g/mol. The normalized spacial score (nSPS) is 13.5. The highest BCUT2D eigenvalue weighted by Gasteiger charge is 2.31. The zero-order chi connectivity index (χ0) is 16.4. The fraction of sp³-hybridized carbons (Fsp3) is 0.500. The lowest BCUT2D eigenvalue weighted by atomic mass is 10.1. The standard InChI is InChI=1S/C14H22N2O4S/c1-9(2)10(3)16(4)21(18,19)13-7-6-11(15)8-12(13)14(17)20-5/h6-10H,15H2,1-5H3. The second kappa shape index (κ2) is 6.44. The maximum absolute atomic E-state index is 12.7. The lowest BCUT2D eigenvalue weighted by molar-refractivity contribution is 0.0596. The van der Waals surface area contributed by atoms with Crippen molar-refractivity contribution in [2.45, 2.75) is 31.7 Å². The van der Waals surface area contributed by atoms with Crippen molar-refractivity contribution in [3.05, 3.63) is 23.8 Å². The zero-order valence-corrected chi connectivity index (χ0v) is 13.8. The fourth-order valence-electron chi connectivity index (χ4n) is 1.84. The van der Waals surface area contributed by atoms with Crippen LogP contribution in [0.2, 0.25) is 0 Å². The Morgan fingerprint density at radius 1 is 1.29 bits per heavy atom. The zero-order valence-electron chi connectivity index (χ0n) is 13.0. The molecule has 1 rings (SSSR count). The van der Waals surface area contributed by atoms with Crippen LogP contribution in [0.1, 0.15) is 31.1 Å². The van der Waals surface area contributed by atoms with Crippen LogP contribution >= 0.6 is 0 Å². The third kappa shape index (κ3) is 3.54. The summed E-state index contributed by atoms with van der Waals surface area (Å²) in [7, 11) is -1.11. The molecule has 0 saturated carbocycles. The minimum Gasteiger partial charge on any atom is -0.465 e. The summed E-state index contributed by atoms with van der Waals surface area (Å²) >= 11 is 0. The minimum absolute atomic E-state index is 0.0553. The van der Waals surface area contributed by atoms with Crippen molar-refractivity contribution in [2.75, 3.05) is 19.9 Å². The molecule has 1 aromatic rings. The first kappa shape index (κ1) is 17.5. The Kier molecular flexibility index (Phi) is 5.36. The van der Waals surface area contributed by atoms with Crippen LogP contribution in [0.5, 0.6) is 0 Å². The van der Waals surface area contributed by atoms with Crippen LogP contribution in [0.25, 0.3) is 0 Å². The first-order chi connectivity index (χ1) is 9.62. The van der Waals surface area contributed by atoms with Gasteiger partial charge >= 0.3 is 5.97 Å². The summed E-state index contributed by atoms with van der Waals surface area (Å²) in [6.07, 6.45) is 0. The van der Waals surface area contributed by atoms with Crippen LogP contribution in [0.3, 0.4) is 0 Å². The molecule has 6 nitrogen and oxygen atoms in total. The van der Waals surface area contributed by atoms with Crippen molar-refractivity contribution in [3.63, 3.8) is 0 Å². The molecule has 0 amide bonds. The Hall–Kier alpha value is -1.60. The number of carbonyl (C=O) groups excluding carboxylic acids is 1. The summed E-state index contributed by atoms with van der Waals surface area (Å²) in [5, 5.41) is 0. The van der Waals surface area contributed by atoms with Crippen molar-refractivity contribution in [3.8, 4) is 0 Å². The van der Waals surface area contributed by atoms with Crippen molar-refractivity contribution >= 4 is 21.7 Å². The van der Waals surface area contributed by atoms with Gasteiger partial charge in [0.25, 0.3) is 0 Å². The number of methoxy groups -OCH3 is 1. The molecule has 21 heavy (non-hydrogen) atoms. The summed E-state index contributed by atoms with van der Waals surface area (Å²) in [6, 6.07) is 3.89. The number of sulfonamides is 1. The SMILES string of the molecule is COC(=O)c1cc(N)ccc1S(=O)(=O)N(C)C(C)C(C)C. The quantitative estimate of drug-likeness (QED) is 0.660. The summed E-state index contributed by atoms with van der Waals surface area (Å²) < 4.78 is 31.3. The van der Waals surface area contributed by atoms with E-state index in [1.165, 1.54) is 36.7 Å². The van der Waals surface area contributed by atoms with Crippen LogP contribution in [-0.4, -0.2) is 38.9 Å². The van der Waals surface area contributed by atoms with Crippen LogP contribution in [-0.2, 0) is 14.8 Å². The maximum atomic E-state index is 12.7. The van der Waals surface area contributed by atoms with E-state index < -0.39 is 16.0 Å². The number of esters is 1. The van der Waals surface area contributed by atoms with E-state index in [0.717, 1.165) is 0 Å². The number of nitrogens with zero attached hydrogens (tertiary/aromatic N) is 1. The molecule has 0 fully saturated rings. The Morgan fingerprint density at radius 2 is 1.86 bits per heavy atom. The Bertz CT molecular complexity index is 626. The molecule has 0 aliphatic heterocycles. The van der Waals surface area contributed by atoms with E-state index in [9.17, 15) is 13.2 Å². The number of ether oxygens (including phenoxy) is 1. The number of hydrogen-bond acceptors (Lipinski definition) is 5. The van der Waals surface area contributed by atoms with E-state index in [4.69, 9.17) is 5.73 Å². The van der Waals surface area contributed by atoms with Gasteiger partial charge in [-0.25, -0.2) is 13.2 Å². The Labute approximate surface area is 125 Å². The number of benzene rings is 1. The molecule has 0 bridgehead atoms. The second-order valence-corrected chi connectivity index (χ2v) is 7.22. The Morgan fingerprint density at radius 3 is 2.33 bits per heavy atom. The van der Waals surface area contributed by atoms with E-state index in [1.807, 2.05) is 20.8 Å². The van der Waals surface area contributed by atoms with E-state index in [2.05, 4.69) is 4.74 Å². The van der Waals surface area contributed by atoms with Crippen LogP contribution in [0.4, 0.5) is 5.69 Å². The molecule has 0 radical (unpaired) electrons. The predicted molar refractivity (Wildman–Crippen MR) is 81.4 cm³/mol. The van der Waals surface area contributed by atoms with Gasteiger partial charge in [0, 0.05) is 18.8 Å². The molecule has 2 N–H and O–H groups in total. The van der Waals surface area contributed by atoms with Gasteiger partial charge in [-0.15, -0.1) is 0 Å². The summed E-state index contributed by atoms with van der Waals surface area (Å²) in [5.74, 6) is -0.591. The molecular formula is C14H22N2O4S. The van der Waals surface area contributed by atoms with Crippen LogP contribution in [0.15, 0.2) is 23.1 Å². The lowest BCUT2D eigenvalue weighted by Crippen LogP contribution is -2.38. The molecule has 0 spiro atoms. The average molecular weight is 314 g/mol. The molecule has 118 valence electrons. The van der Waals surface area contributed by atoms with E-state index >= 15 is 0 Å². The van der Waals surface area contributed by atoms with Gasteiger partial charge in [0.2, 0.25) is 10.0 Å². The molecule has 1 unspecified atom stereocenters. The number of carbonyl (C=O) groups is 1. The molecular weight excluding hydrogens is 292 g/mol. The summed E-state index contributed by atoms with van der Waals surface area (Å²) in [4.78, 5) is 11.7. The van der Waals surface area contributed by atoms with Gasteiger partial charge < -0.3 is 10.5 Å². The smallest absolute Gasteiger partial charge is 0.339 e. The van der Waals surface area contributed by atoms with Crippen LogP contribution in [0, 0.1) is 5.92 Å². The fourth-order valence-corrected chi connectivity index (χ4v) is 3.49. The molecule has 0 heterocycles. The maximum Gasteiger partial charge on any atom is 0.339 e. The molecule has 0 aromatic heterocycles.